The van der Waals surface area contributed by atoms with Crippen molar-refractivity contribution in [3.05, 3.63) is 131 Å². The molecule has 2 N–H and O–H groups in total. The Morgan fingerprint density at radius 1 is 0.923 bits per heavy atom. The molecule has 4 aromatic carbocycles. The number of benzene rings is 4. The van der Waals surface area contributed by atoms with Gasteiger partial charge in [-0.05, 0) is 47.9 Å². The third-order valence-electron chi connectivity index (χ3n) is 6.32. The number of fused-ring (bicyclic) bond motifs is 1. The molecule has 0 radical (unpaired) electrons. The molecule has 0 saturated heterocycles. The van der Waals surface area contributed by atoms with Gasteiger partial charge in [0.05, 0.1) is 5.92 Å². The highest BCUT2D eigenvalue weighted by molar-refractivity contribution is 5.74. The Hall–Kier alpha value is -5.22. The number of ether oxygens (including phenoxy) is 4. The van der Waals surface area contributed by atoms with Gasteiger partial charge in [-0.15, -0.1) is 0 Å². The monoisotopic (exact) mass is 518 g/mol. The van der Waals surface area contributed by atoms with Gasteiger partial charge in [-0.25, -0.2) is 4.79 Å². The number of rotatable bonds is 8. The first-order valence-electron chi connectivity index (χ1n) is 12.4. The SMILES string of the molecule is Cc1ccccc1OCC(=O)Oc1ccc2c(c1)OC(N)=C(C#N)C2c1ccc(OCc2ccccc2)cc1. The summed E-state index contributed by atoms with van der Waals surface area (Å²) in [6, 6.07) is 32.1. The minimum atomic E-state index is -0.558. The Balaban J connectivity index is 1.31. The van der Waals surface area contributed by atoms with Crippen LogP contribution in [0.15, 0.2) is 109 Å². The Morgan fingerprint density at radius 2 is 1.64 bits per heavy atom. The number of carbonyl (C=O) groups is 1. The number of hydrogen-bond donors (Lipinski definition) is 1. The highest BCUT2D eigenvalue weighted by Crippen LogP contribution is 2.43. The van der Waals surface area contributed by atoms with Crippen molar-refractivity contribution in [1.29, 1.82) is 5.26 Å². The summed E-state index contributed by atoms with van der Waals surface area (Å²) in [7, 11) is 0. The summed E-state index contributed by atoms with van der Waals surface area (Å²) >= 11 is 0. The van der Waals surface area contributed by atoms with Gasteiger partial charge in [0.1, 0.15) is 41.2 Å². The first-order chi connectivity index (χ1) is 19.0. The molecule has 1 atom stereocenters. The number of nitriles is 1. The van der Waals surface area contributed by atoms with E-state index in [1.165, 1.54) is 0 Å². The van der Waals surface area contributed by atoms with Gasteiger partial charge < -0.3 is 24.7 Å². The number of carbonyl (C=O) groups excluding carboxylic acids is 1. The molecule has 39 heavy (non-hydrogen) atoms. The predicted octanol–water partition coefficient (Wildman–Crippen LogP) is 5.78. The Bertz CT molecular complexity index is 1560. The number of para-hydroxylation sites is 1. The van der Waals surface area contributed by atoms with Crippen molar-refractivity contribution in [3.8, 4) is 29.1 Å². The highest BCUT2D eigenvalue weighted by atomic mass is 16.6. The van der Waals surface area contributed by atoms with Gasteiger partial charge in [0.2, 0.25) is 5.88 Å². The smallest absolute Gasteiger partial charge is 0.349 e. The van der Waals surface area contributed by atoms with E-state index in [4.69, 9.17) is 24.7 Å². The van der Waals surface area contributed by atoms with Gasteiger partial charge in [-0.3, -0.25) is 0 Å². The zero-order valence-electron chi connectivity index (χ0n) is 21.3. The second-order valence-electron chi connectivity index (χ2n) is 9.00. The van der Waals surface area contributed by atoms with Crippen molar-refractivity contribution >= 4 is 5.97 Å². The molecule has 0 spiro atoms. The number of esters is 1. The molecule has 0 saturated carbocycles. The predicted molar refractivity (Wildman–Crippen MR) is 145 cm³/mol. The third kappa shape index (κ3) is 5.86. The molecular formula is C32H26N2O5. The Morgan fingerprint density at radius 3 is 2.38 bits per heavy atom. The van der Waals surface area contributed by atoms with Crippen LogP contribution >= 0.6 is 0 Å². The van der Waals surface area contributed by atoms with E-state index >= 15 is 0 Å². The molecule has 0 aliphatic carbocycles. The average molecular weight is 519 g/mol. The van der Waals surface area contributed by atoms with E-state index in [2.05, 4.69) is 6.07 Å². The van der Waals surface area contributed by atoms with Crippen molar-refractivity contribution in [2.24, 2.45) is 5.73 Å². The molecule has 1 heterocycles. The molecule has 0 bridgehead atoms. The van der Waals surface area contributed by atoms with Crippen LogP contribution < -0.4 is 24.7 Å². The minimum absolute atomic E-state index is 0.00534. The third-order valence-corrected chi connectivity index (χ3v) is 6.32. The maximum absolute atomic E-state index is 12.4. The van der Waals surface area contributed by atoms with Crippen LogP contribution in [0.1, 0.15) is 28.2 Å². The van der Waals surface area contributed by atoms with Gasteiger partial charge in [0.25, 0.3) is 0 Å². The van der Waals surface area contributed by atoms with E-state index in [0.717, 1.165) is 22.3 Å². The quantitative estimate of drug-likeness (QED) is 0.233. The summed E-state index contributed by atoms with van der Waals surface area (Å²) in [4.78, 5) is 12.4. The van der Waals surface area contributed by atoms with Gasteiger partial charge in [0.15, 0.2) is 6.61 Å². The molecule has 7 nitrogen and oxygen atoms in total. The van der Waals surface area contributed by atoms with Crippen molar-refractivity contribution in [2.75, 3.05) is 6.61 Å². The normalized spacial score (nSPS) is 14.0. The first-order valence-corrected chi connectivity index (χ1v) is 12.4. The zero-order chi connectivity index (χ0) is 27.2. The van der Waals surface area contributed by atoms with E-state index in [9.17, 15) is 10.1 Å². The summed E-state index contributed by atoms with van der Waals surface area (Å²) in [5.74, 6) is 1.01. The molecule has 1 aliphatic rings. The van der Waals surface area contributed by atoms with E-state index in [-0.39, 0.29) is 18.2 Å². The Kier molecular flexibility index (Phi) is 7.46. The summed E-state index contributed by atoms with van der Waals surface area (Å²) < 4.78 is 22.7. The number of hydrogen-bond acceptors (Lipinski definition) is 7. The highest BCUT2D eigenvalue weighted by Gasteiger charge is 2.31. The molecule has 0 fully saturated rings. The summed E-state index contributed by atoms with van der Waals surface area (Å²) in [6.45, 7) is 2.11. The molecule has 0 amide bonds. The molecule has 4 aromatic rings. The maximum Gasteiger partial charge on any atom is 0.349 e. The van der Waals surface area contributed by atoms with Crippen molar-refractivity contribution in [3.63, 3.8) is 0 Å². The minimum Gasteiger partial charge on any atom is -0.489 e. The van der Waals surface area contributed by atoms with Gasteiger partial charge in [-0.2, -0.15) is 5.26 Å². The molecule has 1 unspecified atom stereocenters. The number of allylic oxidation sites excluding steroid dienone is 1. The second-order valence-corrected chi connectivity index (χ2v) is 9.00. The molecule has 5 rings (SSSR count). The second kappa shape index (κ2) is 11.4. The fraction of sp³-hybridized carbons (Fsp3) is 0.125. The fourth-order valence-corrected chi connectivity index (χ4v) is 4.36. The van der Waals surface area contributed by atoms with Crippen molar-refractivity contribution in [1.82, 2.24) is 0 Å². The largest absolute Gasteiger partial charge is 0.489 e. The topological polar surface area (TPSA) is 104 Å². The van der Waals surface area contributed by atoms with Crippen LogP contribution in [0.3, 0.4) is 0 Å². The summed E-state index contributed by atoms with van der Waals surface area (Å²) in [6.07, 6.45) is 0. The average Bonchev–Trinajstić information content (AvgIpc) is 2.96. The van der Waals surface area contributed by atoms with Gasteiger partial charge in [-0.1, -0.05) is 66.7 Å². The van der Waals surface area contributed by atoms with E-state index < -0.39 is 11.9 Å². The van der Waals surface area contributed by atoms with Crippen LogP contribution in [0.25, 0.3) is 0 Å². The van der Waals surface area contributed by atoms with Crippen LogP contribution in [0.4, 0.5) is 0 Å². The molecule has 1 aliphatic heterocycles. The van der Waals surface area contributed by atoms with Crippen LogP contribution in [0.5, 0.6) is 23.0 Å². The van der Waals surface area contributed by atoms with E-state index in [1.54, 1.807) is 24.3 Å². The number of nitrogens with two attached hydrogens (primary N) is 1. The van der Waals surface area contributed by atoms with Crippen molar-refractivity contribution in [2.45, 2.75) is 19.4 Å². The van der Waals surface area contributed by atoms with Gasteiger partial charge >= 0.3 is 5.97 Å². The lowest BCUT2D eigenvalue weighted by Crippen LogP contribution is -2.21. The Labute approximate surface area is 226 Å². The van der Waals surface area contributed by atoms with Crippen LogP contribution in [-0.2, 0) is 11.4 Å². The maximum atomic E-state index is 12.4. The fourth-order valence-electron chi connectivity index (χ4n) is 4.36. The molecule has 7 heteroatoms. The number of aryl methyl sites for hydroxylation is 1. The van der Waals surface area contributed by atoms with Crippen molar-refractivity contribution < 1.29 is 23.7 Å². The lowest BCUT2D eigenvalue weighted by atomic mass is 9.83. The van der Waals surface area contributed by atoms with Crippen LogP contribution in [-0.4, -0.2) is 12.6 Å². The summed E-state index contributed by atoms with van der Waals surface area (Å²) in [5, 5.41) is 9.85. The standard InChI is InChI=1S/C32H26N2O5/c1-21-7-5-6-10-28(21)37-20-30(35)38-25-15-16-26-29(17-25)39-32(34)27(18-33)31(26)23-11-13-24(14-12-23)36-19-22-8-3-2-4-9-22/h2-17,31H,19-20,34H2,1H3. The van der Waals surface area contributed by atoms with Gasteiger partial charge in [0, 0.05) is 11.6 Å². The van der Waals surface area contributed by atoms with Crippen LogP contribution in [0, 0.1) is 18.3 Å². The van der Waals surface area contributed by atoms with Crippen LogP contribution in [0.2, 0.25) is 0 Å². The van der Waals surface area contributed by atoms with E-state index in [0.29, 0.717) is 29.4 Å². The lowest BCUT2D eigenvalue weighted by Gasteiger charge is -2.26. The number of nitrogens with zero attached hydrogens (tertiary/aromatic N) is 1. The van der Waals surface area contributed by atoms with E-state index in [1.807, 2.05) is 79.7 Å². The zero-order valence-corrected chi connectivity index (χ0v) is 21.3. The summed E-state index contributed by atoms with van der Waals surface area (Å²) in [5.41, 5.74) is 10.0. The lowest BCUT2D eigenvalue weighted by molar-refractivity contribution is -0.136. The molecular weight excluding hydrogens is 492 g/mol. The molecule has 194 valence electrons. The molecule has 0 aromatic heterocycles. The first kappa shape index (κ1) is 25.4.